The Hall–Kier alpha value is -4.79. The van der Waals surface area contributed by atoms with Crippen LogP contribution in [-0.4, -0.2) is 0 Å². The molecule has 3 heteroatoms. The molecule has 0 radical (unpaired) electrons. The van der Waals surface area contributed by atoms with E-state index in [-0.39, 0.29) is 0 Å². The molecule has 7 aromatic rings. The fraction of sp³-hybridized carbons (Fsp3) is 0. The largest absolute Gasteiger partial charge is 0.456 e. The van der Waals surface area contributed by atoms with E-state index in [1.54, 1.807) is 0 Å². The summed E-state index contributed by atoms with van der Waals surface area (Å²) >= 11 is 6.18. The molecule has 39 heavy (non-hydrogen) atoms. The van der Waals surface area contributed by atoms with Crippen molar-refractivity contribution >= 4 is 50.6 Å². The average Bonchev–Trinajstić information content (AvgIpc) is 3.35. The molecule has 7 rings (SSSR count). The highest BCUT2D eigenvalue weighted by atomic mass is 35.5. The van der Waals surface area contributed by atoms with Gasteiger partial charge in [0, 0.05) is 38.8 Å². The second kappa shape index (κ2) is 9.83. The lowest BCUT2D eigenvalue weighted by Crippen LogP contribution is -2.10. The first-order valence-electron chi connectivity index (χ1n) is 13.0. The number of furan rings is 1. The van der Waals surface area contributed by atoms with Crippen molar-refractivity contribution in [3.63, 3.8) is 0 Å². The third-order valence-corrected chi connectivity index (χ3v) is 7.37. The summed E-state index contributed by atoms with van der Waals surface area (Å²) in [6, 6.07) is 50.6. The molecule has 0 aliphatic heterocycles. The lowest BCUT2D eigenvalue weighted by Gasteiger charge is -2.27. The van der Waals surface area contributed by atoms with Crippen LogP contribution in [0.25, 0.3) is 44.2 Å². The fourth-order valence-corrected chi connectivity index (χ4v) is 5.43. The smallest absolute Gasteiger partial charge is 0.136 e. The first-order valence-corrected chi connectivity index (χ1v) is 13.3. The molecule has 0 bridgehead atoms. The number of para-hydroxylation sites is 3. The number of benzene rings is 6. The predicted molar refractivity (Wildman–Crippen MR) is 164 cm³/mol. The standard InChI is InChI=1S/C36H24ClNO/c37-28-20-21-32-33-23-27(19-22-35(33)39-36(32)24-28)25-15-17-26(18-16-25)31-13-7-8-14-34(31)38(29-9-3-1-4-10-29)30-11-5-2-6-12-30/h1-24H. The van der Waals surface area contributed by atoms with Crippen LogP contribution in [0.5, 0.6) is 0 Å². The number of halogens is 1. The monoisotopic (exact) mass is 521 g/mol. The highest BCUT2D eigenvalue weighted by Crippen LogP contribution is 2.41. The van der Waals surface area contributed by atoms with Gasteiger partial charge in [-0.3, -0.25) is 0 Å². The molecule has 6 aromatic carbocycles. The van der Waals surface area contributed by atoms with Gasteiger partial charge in [-0.05, 0) is 71.3 Å². The molecule has 0 fully saturated rings. The minimum atomic E-state index is 0.677. The number of nitrogens with zero attached hydrogens (tertiary/aromatic N) is 1. The van der Waals surface area contributed by atoms with Crippen molar-refractivity contribution in [2.75, 3.05) is 4.90 Å². The molecule has 186 valence electrons. The molecule has 1 heterocycles. The lowest BCUT2D eigenvalue weighted by atomic mass is 9.97. The van der Waals surface area contributed by atoms with Crippen molar-refractivity contribution in [1.29, 1.82) is 0 Å². The Morgan fingerprint density at radius 3 is 1.79 bits per heavy atom. The molecular weight excluding hydrogens is 498 g/mol. The maximum atomic E-state index is 6.18. The van der Waals surface area contributed by atoms with Crippen molar-refractivity contribution in [3.8, 4) is 22.3 Å². The van der Waals surface area contributed by atoms with Crippen LogP contribution in [0, 0.1) is 0 Å². The minimum absolute atomic E-state index is 0.677. The zero-order chi connectivity index (χ0) is 26.2. The Balaban J connectivity index is 1.29. The Kier molecular flexibility index (Phi) is 5.88. The molecule has 0 spiro atoms. The lowest BCUT2D eigenvalue weighted by molar-refractivity contribution is 0.669. The summed E-state index contributed by atoms with van der Waals surface area (Å²) < 4.78 is 6.02. The molecule has 0 saturated carbocycles. The van der Waals surface area contributed by atoms with Gasteiger partial charge in [0.25, 0.3) is 0 Å². The third kappa shape index (κ3) is 4.35. The average molecular weight is 522 g/mol. The van der Waals surface area contributed by atoms with Crippen LogP contribution in [0.2, 0.25) is 5.02 Å². The van der Waals surface area contributed by atoms with E-state index in [9.17, 15) is 0 Å². The number of anilines is 3. The zero-order valence-corrected chi connectivity index (χ0v) is 21.8. The summed E-state index contributed by atoms with van der Waals surface area (Å²) in [5.41, 5.74) is 9.68. The van der Waals surface area contributed by atoms with Gasteiger partial charge in [0.15, 0.2) is 0 Å². The third-order valence-electron chi connectivity index (χ3n) is 7.14. The van der Waals surface area contributed by atoms with Gasteiger partial charge < -0.3 is 9.32 Å². The van der Waals surface area contributed by atoms with Gasteiger partial charge in [0.1, 0.15) is 11.2 Å². The van der Waals surface area contributed by atoms with Crippen LogP contribution in [0.4, 0.5) is 17.1 Å². The number of rotatable bonds is 5. The summed E-state index contributed by atoms with van der Waals surface area (Å²) in [5.74, 6) is 0. The zero-order valence-electron chi connectivity index (χ0n) is 21.1. The second-order valence-electron chi connectivity index (χ2n) is 9.55. The number of fused-ring (bicyclic) bond motifs is 3. The van der Waals surface area contributed by atoms with Gasteiger partial charge >= 0.3 is 0 Å². The van der Waals surface area contributed by atoms with Crippen LogP contribution in [0.1, 0.15) is 0 Å². The van der Waals surface area contributed by atoms with Crippen molar-refractivity contribution in [1.82, 2.24) is 0 Å². The molecule has 0 aliphatic carbocycles. The van der Waals surface area contributed by atoms with E-state index in [2.05, 4.69) is 126 Å². The molecule has 0 atom stereocenters. The van der Waals surface area contributed by atoms with Crippen molar-refractivity contribution in [2.45, 2.75) is 0 Å². The summed E-state index contributed by atoms with van der Waals surface area (Å²) in [5, 5.41) is 2.84. The summed E-state index contributed by atoms with van der Waals surface area (Å²) in [4.78, 5) is 2.31. The highest BCUT2D eigenvalue weighted by molar-refractivity contribution is 6.31. The Morgan fingerprint density at radius 1 is 0.462 bits per heavy atom. The van der Waals surface area contributed by atoms with E-state index in [1.165, 1.54) is 5.56 Å². The molecule has 2 nitrogen and oxygen atoms in total. The van der Waals surface area contributed by atoms with Gasteiger partial charge in [0.2, 0.25) is 0 Å². The SMILES string of the molecule is Clc1ccc2c(c1)oc1ccc(-c3ccc(-c4ccccc4N(c4ccccc4)c4ccccc4)cc3)cc12. The number of hydrogen-bond acceptors (Lipinski definition) is 2. The Morgan fingerprint density at radius 2 is 1.08 bits per heavy atom. The minimum Gasteiger partial charge on any atom is -0.456 e. The maximum Gasteiger partial charge on any atom is 0.136 e. The summed E-state index contributed by atoms with van der Waals surface area (Å²) in [6.07, 6.45) is 0. The van der Waals surface area contributed by atoms with E-state index in [4.69, 9.17) is 16.0 Å². The molecule has 0 N–H and O–H groups in total. The van der Waals surface area contributed by atoms with Crippen molar-refractivity contribution < 1.29 is 4.42 Å². The normalized spacial score (nSPS) is 11.2. The van der Waals surface area contributed by atoms with Gasteiger partial charge in [0.05, 0.1) is 5.69 Å². The molecule has 0 amide bonds. The van der Waals surface area contributed by atoms with E-state index >= 15 is 0 Å². The topological polar surface area (TPSA) is 16.4 Å². The van der Waals surface area contributed by atoms with Crippen LogP contribution >= 0.6 is 11.6 Å². The molecule has 0 aliphatic rings. The second-order valence-corrected chi connectivity index (χ2v) is 9.99. The molecule has 1 aromatic heterocycles. The number of hydrogen-bond donors (Lipinski definition) is 0. The van der Waals surface area contributed by atoms with Crippen LogP contribution in [0.15, 0.2) is 150 Å². The van der Waals surface area contributed by atoms with E-state index in [0.29, 0.717) is 5.02 Å². The van der Waals surface area contributed by atoms with Gasteiger partial charge in [-0.15, -0.1) is 0 Å². The fourth-order valence-electron chi connectivity index (χ4n) is 5.27. The van der Waals surface area contributed by atoms with Crippen molar-refractivity contribution in [3.05, 3.63) is 151 Å². The van der Waals surface area contributed by atoms with Crippen LogP contribution in [0.3, 0.4) is 0 Å². The van der Waals surface area contributed by atoms with Crippen molar-refractivity contribution in [2.24, 2.45) is 0 Å². The molecule has 0 unspecified atom stereocenters. The predicted octanol–water partition coefficient (Wildman–Crippen LogP) is 11.0. The highest BCUT2D eigenvalue weighted by Gasteiger charge is 2.16. The Bertz CT molecular complexity index is 1870. The quantitative estimate of drug-likeness (QED) is 0.224. The van der Waals surface area contributed by atoms with Crippen LogP contribution in [-0.2, 0) is 0 Å². The van der Waals surface area contributed by atoms with E-state index in [0.717, 1.165) is 55.7 Å². The molecule has 0 saturated heterocycles. The van der Waals surface area contributed by atoms with E-state index < -0.39 is 0 Å². The summed E-state index contributed by atoms with van der Waals surface area (Å²) in [6.45, 7) is 0. The maximum absolute atomic E-state index is 6.18. The van der Waals surface area contributed by atoms with Gasteiger partial charge in [-0.1, -0.05) is 96.5 Å². The van der Waals surface area contributed by atoms with E-state index in [1.807, 2.05) is 24.3 Å². The van der Waals surface area contributed by atoms with Gasteiger partial charge in [-0.2, -0.15) is 0 Å². The Labute approximate surface area is 232 Å². The molecular formula is C36H24ClNO. The first kappa shape index (κ1) is 23.3. The van der Waals surface area contributed by atoms with Gasteiger partial charge in [-0.25, -0.2) is 0 Å². The first-order chi connectivity index (χ1) is 19.2. The summed E-state index contributed by atoms with van der Waals surface area (Å²) in [7, 11) is 0. The van der Waals surface area contributed by atoms with Crippen LogP contribution < -0.4 is 4.90 Å².